The third-order valence-electron chi connectivity index (χ3n) is 5.36. The van der Waals surface area contributed by atoms with Gasteiger partial charge in [-0.05, 0) is 55.8 Å². The van der Waals surface area contributed by atoms with E-state index >= 15 is 0 Å². The van der Waals surface area contributed by atoms with Gasteiger partial charge in [-0.3, -0.25) is 4.79 Å². The normalized spacial score (nSPS) is 10.7. The van der Waals surface area contributed by atoms with Crippen molar-refractivity contribution in [3.63, 3.8) is 0 Å². The van der Waals surface area contributed by atoms with Gasteiger partial charge in [0.05, 0.1) is 11.6 Å². The molecule has 0 aliphatic heterocycles. The number of benzene rings is 3. The van der Waals surface area contributed by atoms with E-state index in [1.165, 1.54) is 6.07 Å². The van der Waals surface area contributed by atoms with E-state index in [0.29, 0.717) is 33.2 Å². The molecule has 190 valence electrons. The molecule has 0 saturated heterocycles. The van der Waals surface area contributed by atoms with Crippen LogP contribution in [0.5, 0.6) is 11.5 Å². The number of amides is 1. The molecular formula is C27H22Cl2N2O6. The Bertz CT molecular complexity index is 1440. The number of aryl methyl sites for hydroxylation is 1. The summed E-state index contributed by atoms with van der Waals surface area (Å²) in [5.41, 5.74) is 2.38. The smallest absolute Gasteiger partial charge is 0.341 e. The number of rotatable bonds is 9. The maximum Gasteiger partial charge on any atom is 0.341 e. The average molecular weight is 541 g/mol. The predicted octanol–water partition coefficient (Wildman–Crippen LogP) is 6.54. The van der Waals surface area contributed by atoms with Crippen molar-refractivity contribution in [3.8, 4) is 34.1 Å². The minimum Gasteiger partial charge on any atom is -0.482 e. The van der Waals surface area contributed by atoms with Gasteiger partial charge in [0, 0.05) is 16.1 Å². The van der Waals surface area contributed by atoms with Crippen LogP contribution in [-0.4, -0.2) is 40.4 Å². The monoisotopic (exact) mass is 540 g/mol. The fourth-order valence-corrected chi connectivity index (χ4v) is 4.06. The molecule has 0 spiro atoms. The van der Waals surface area contributed by atoms with Crippen LogP contribution >= 0.6 is 23.2 Å². The SMILES string of the molecule is CCN(Oc1ccc(Cl)cc1Cl)C(=O)c1c(-c2ccc(OCC(=O)O)c(C)c2)noc1-c1ccccc1. The molecule has 0 aliphatic carbocycles. The maximum atomic E-state index is 13.9. The first-order valence-electron chi connectivity index (χ1n) is 11.2. The Hall–Kier alpha value is -4.01. The summed E-state index contributed by atoms with van der Waals surface area (Å²) in [4.78, 5) is 30.6. The number of hydrogen-bond donors (Lipinski definition) is 1. The average Bonchev–Trinajstić information content (AvgIpc) is 3.33. The van der Waals surface area contributed by atoms with Crippen molar-refractivity contribution in [3.05, 3.63) is 87.9 Å². The molecule has 1 aromatic heterocycles. The van der Waals surface area contributed by atoms with Crippen LogP contribution in [0.15, 0.2) is 71.3 Å². The van der Waals surface area contributed by atoms with Gasteiger partial charge in [-0.2, -0.15) is 5.06 Å². The molecule has 0 atom stereocenters. The number of nitrogens with zero attached hydrogens (tertiary/aromatic N) is 2. The van der Waals surface area contributed by atoms with Gasteiger partial charge in [0.2, 0.25) is 0 Å². The molecule has 0 aliphatic rings. The highest BCUT2D eigenvalue weighted by Crippen LogP contribution is 2.36. The molecule has 1 heterocycles. The topological polar surface area (TPSA) is 102 Å². The molecule has 0 bridgehead atoms. The number of hydrogen-bond acceptors (Lipinski definition) is 6. The number of ether oxygens (including phenoxy) is 1. The van der Waals surface area contributed by atoms with E-state index in [9.17, 15) is 9.59 Å². The highest BCUT2D eigenvalue weighted by Gasteiger charge is 2.30. The van der Waals surface area contributed by atoms with E-state index < -0.39 is 18.5 Å². The van der Waals surface area contributed by atoms with Crippen LogP contribution in [0.3, 0.4) is 0 Å². The van der Waals surface area contributed by atoms with Crippen LogP contribution in [0, 0.1) is 6.92 Å². The molecule has 4 aromatic rings. The summed E-state index contributed by atoms with van der Waals surface area (Å²) in [6, 6.07) is 18.9. The summed E-state index contributed by atoms with van der Waals surface area (Å²) in [6.45, 7) is 3.25. The summed E-state index contributed by atoms with van der Waals surface area (Å²) >= 11 is 12.3. The lowest BCUT2D eigenvalue weighted by Crippen LogP contribution is -2.34. The van der Waals surface area contributed by atoms with Crippen LogP contribution in [0.2, 0.25) is 10.0 Å². The summed E-state index contributed by atoms with van der Waals surface area (Å²) < 4.78 is 11.0. The minimum absolute atomic E-state index is 0.191. The molecule has 1 amide bonds. The van der Waals surface area contributed by atoms with Gasteiger partial charge >= 0.3 is 5.97 Å². The number of halogens is 2. The third-order valence-corrected chi connectivity index (χ3v) is 5.89. The number of carboxylic acid groups (broad SMARTS) is 1. The molecule has 0 saturated carbocycles. The standard InChI is InChI=1S/C27H22Cl2N2O6/c1-3-31(37-22-12-10-19(28)14-20(22)29)27(34)24-25(30-36-26(24)17-7-5-4-6-8-17)18-9-11-21(16(2)13-18)35-15-23(32)33/h4-14H,3,15H2,1-2H3,(H,32,33). The summed E-state index contributed by atoms with van der Waals surface area (Å²) in [5.74, 6) is -0.639. The van der Waals surface area contributed by atoms with Gasteiger partial charge in [-0.15, -0.1) is 0 Å². The molecular weight excluding hydrogens is 519 g/mol. The Morgan fingerprint density at radius 3 is 2.38 bits per heavy atom. The molecule has 37 heavy (non-hydrogen) atoms. The van der Waals surface area contributed by atoms with Crippen LogP contribution in [0.25, 0.3) is 22.6 Å². The van der Waals surface area contributed by atoms with Crippen LogP contribution in [-0.2, 0) is 4.79 Å². The highest BCUT2D eigenvalue weighted by molar-refractivity contribution is 6.35. The van der Waals surface area contributed by atoms with Crippen LogP contribution < -0.4 is 9.57 Å². The van der Waals surface area contributed by atoms with Crippen molar-refractivity contribution in [2.24, 2.45) is 0 Å². The summed E-state index contributed by atoms with van der Waals surface area (Å²) in [7, 11) is 0. The zero-order valence-electron chi connectivity index (χ0n) is 19.9. The van der Waals surface area contributed by atoms with E-state index in [1.807, 2.05) is 30.3 Å². The fraction of sp³-hybridized carbons (Fsp3) is 0.148. The van der Waals surface area contributed by atoms with Gasteiger partial charge < -0.3 is 19.2 Å². The van der Waals surface area contributed by atoms with Gasteiger partial charge in [0.15, 0.2) is 18.1 Å². The number of carbonyl (C=O) groups is 2. The maximum absolute atomic E-state index is 13.9. The Labute approximate surface area is 222 Å². The van der Waals surface area contributed by atoms with Gasteiger partial charge in [-0.1, -0.05) is 58.7 Å². The molecule has 0 unspecified atom stereocenters. The second kappa shape index (κ2) is 11.4. The predicted molar refractivity (Wildman–Crippen MR) is 139 cm³/mol. The summed E-state index contributed by atoms with van der Waals surface area (Å²) in [6.07, 6.45) is 0. The van der Waals surface area contributed by atoms with Crippen LogP contribution in [0.4, 0.5) is 0 Å². The Morgan fingerprint density at radius 2 is 1.73 bits per heavy atom. The number of aliphatic carboxylic acids is 1. The highest BCUT2D eigenvalue weighted by atomic mass is 35.5. The molecule has 0 fully saturated rings. The van der Waals surface area contributed by atoms with Gasteiger partial charge in [-0.25, -0.2) is 4.79 Å². The van der Waals surface area contributed by atoms with E-state index in [0.717, 1.165) is 5.06 Å². The van der Waals surface area contributed by atoms with Crippen molar-refractivity contribution < 1.29 is 28.8 Å². The first-order chi connectivity index (χ1) is 17.8. The fourth-order valence-electron chi connectivity index (χ4n) is 3.61. The molecule has 4 rings (SSSR count). The van der Waals surface area contributed by atoms with E-state index in [1.54, 1.807) is 44.2 Å². The number of hydroxylamine groups is 2. The van der Waals surface area contributed by atoms with Crippen molar-refractivity contribution in [2.75, 3.05) is 13.2 Å². The number of aromatic nitrogens is 1. The molecule has 10 heteroatoms. The zero-order chi connectivity index (χ0) is 26.5. The summed E-state index contributed by atoms with van der Waals surface area (Å²) in [5, 5.41) is 15.0. The second-order valence-corrected chi connectivity index (χ2v) is 8.77. The Morgan fingerprint density at radius 1 is 1.00 bits per heavy atom. The zero-order valence-corrected chi connectivity index (χ0v) is 21.4. The second-order valence-electron chi connectivity index (χ2n) is 7.93. The largest absolute Gasteiger partial charge is 0.482 e. The lowest BCUT2D eigenvalue weighted by atomic mass is 10.00. The third kappa shape index (κ3) is 5.87. The quantitative estimate of drug-likeness (QED) is 0.240. The van der Waals surface area contributed by atoms with Crippen LogP contribution in [0.1, 0.15) is 22.8 Å². The van der Waals surface area contributed by atoms with E-state index in [-0.39, 0.29) is 28.6 Å². The van der Waals surface area contributed by atoms with Crippen molar-refractivity contribution in [2.45, 2.75) is 13.8 Å². The lowest BCUT2D eigenvalue weighted by Gasteiger charge is -2.22. The van der Waals surface area contributed by atoms with Gasteiger partial charge in [0.25, 0.3) is 5.91 Å². The van der Waals surface area contributed by atoms with Gasteiger partial charge in [0.1, 0.15) is 17.0 Å². The molecule has 3 aromatic carbocycles. The van der Waals surface area contributed by atoms with E-state index in [2.05, 4.69) is 5.16 Å². The number of carboxylic acids is 1. The first-order valence-corrected chi connectivity index (χ1v) is 12.0. The minimum atomic E-state index is -1.08. The molecule has 1 N–H and O–H groups in total. The van der Waals surface area contributed by atoms with Crippen molar-refractivity contribution >= 4 is 35.1 Å². The Balaban J connectivity index is 1.77. The number of carbonyl (C=O) groups excluding carboxylic acids is 1. The lowest BCUT2D eigenvalue weighted by molar-refractivity contribution is -0.139. The van der Waals surface area contributed by atoms with Crippen molar-refractivity contribution in [1.29, 1.82) is 0 Å². The molecule has 0 radical (unpaired) electrons. The molecule has 8 nitrogen and oxygen atoms in total. The first kappa shape index (κ1) is 26.1. The van der Waals surface area contributed by atoms with Crippen molar-refractivity contribution in [1.82, 2.24) is 10.2 Å². The van der Waals surface area contributed by atoms with E-state index in [4.69, 9.17) is 42.4 Å². The Kier molecular flexibility index (Phi) is 8.01.